The largest absolute Gasteiger partial charge is 0.491 e. The minimum Gasteiger partial charge on any atom is -0.491 e. The minimum atomic E-state index is -0.540. The standard InChI is InChI=1S/C21H29NO2.ClH/c1-5-18-9-11-19(12-10-18)17(4)22-13-20(23)14-24-21-8-6-7-15(2)16(21)3;/h6-12,17,20,22-23H,5,13-14H2,1-4H3;1H. The van der Waals surface area contributed by atoms with Crippen molar-refractivity contribution in [2.75, 3.05) is 13.2 Å². The van der Waals surface area contributed by atoms with Gasteiger partial charge in [0.15, 0.2) is 0 Å². The third-order valence-corrected chi connectivity index (χ3v) is 4.53. The molecule has 2 rings (SSSR count). The maximum atomic E-state index is 10.2. The van der Waals surface area contributed by atoms with Crippen molar-refractivity contribution >= 4 is 12.4 Å². The van der Waals surface area contributed by atoms with Gasteiger partial charge in [-0.25, -0.2) is 0 Å². The molecule has 2 N–H and O–H groups in total. The van der Waals surface area contributed by atoms with Crippen LogP contribution < -0.4 is 10.1 Å². The van der Waals surface area contributed by atoms with E-state index >= 15 is 0 Å². The Hall–Kier alpha value is -1.55. The van der Waals surface area contributed by atoms with E-state index in [2.05, 4.69) is 56.4 Å². The summed E-state index contributed by atoms with van der Waals surface area (Å²) in [6, 6.07) is 14.8. The van der Waals surface area contributed by atoms with Crippen molar-refractivity contribution in [3.05, 3.63) is 64.7 Å². The second-order valence-electron chi connectivity index (χ2n) is 6.39. The summed E-state index contributed by atoms with van der Waals surface area (Å²) < 4.78 is 5.76. The van der Waals surface area contributed by atoms with Crippen LogP contribution >= 0.6 is 12.4 Å². The lowest BCUT2D eigenvalue weighted by atomic mass is 10.0. The monoisotopic (exact) mass is 363 g/mol. The molecule has 2 aromatic rings. The van der Waals surface area contributed by atoms with E-state index in [0.29, 0.717) is 13.2 Å². The highest BCUT2D eigenvalue weighted by Crippen LogP contribution is 2.20. The van der Waals surface area contributed by atoms with Crippen LogP contribution in [-0.2, 0) is 6.42 Å². The van der Waals surface area contributed by atoms with Crippen LogP contribution in [0.3, 0.4) is 0 Å². The van der Waals surface area contributed by atoms with E-state index in [1.807, 2.05) is 19.1 Å². The Morgan fingerprint density at radius 1 is 1.08 bits per heavy atom. The number of halogens is 1. The Bertz CT molecular complexity index is 643. The van der Waals surface area contributed by atoms with Crippen LogP contribution in [0.15, 0.2) is 42.5 Å². The number of nitrogens with one attached hydrogen (secondary N) is 1. The van der Waals surface area contributed by atoms with Crippen LogP contribution in [0.1, 0.15) is 42.1 Å². The molecule has 4 heteroatoms. The van der Waals surface area contributed by atoms with E-state index in [1.165, 1.54) is 16.7 Å². The van der Waals surface area contributed by atoms with Crippen molar-refractivity contribution in [1.29, 1.82) is 0 Å². The van der Waals surface area contributed by atoms with Gasteiger partial charge in [0.1, 0.15) is 18.5 Å². The molecule has 0 aliphatic heterocycles. The lowest BCUT2D eigenvalue weighted by molar-refractivity contribution is 0.104. The topological polar surface area (TPSA) is 41.5 Å². The third kappa shape index (κ3) is 6.35. The molecule has 0 saturated heterocycles. The van der Waals surface area contributed by atoms with E-state index < -0.39 is 6.10 Å². The SMILES string of the molecule is CCc1ccc(C(C)NCC(O)COc2cccc(C)c2C)cc1.Cl. The molecule has 0 aliphatic rings. The van der Waals surface area contributed by atoms with Crippen molar-refractivity contribution in [2.24, 2.45) is 0 Å². The maximum absolute atomic E-state index is 10.2. The third-order valence-electron chi connectivity index (χ3n) is 4.53. The number of hydrogen-bond donors (Lipinski definition) is 2. The molecule has 0 aliphatic carbocycles. The van der Waals surface area contributed by atoms with Gasteiger partial charge in [-0.1, -0.05) is 43.3 Å². The molecular formula is C21H30ClNO2. The second kappa shape index (κ2) is 10.4. The number of rotatable bonds is 8. The molecule has 25 heavy (non-hydrogen) atoms. The van der Waals surface area contributed by atoms with Gasteiger partial charge in [0.05, 0.1) is 0 Å². The summed E-state index contributed by atoms with van der Waals surface area (Å²) in [5.74, 6) is 0.845. The number of benzene rings is 2. The molecule has 0 fully saturated rings. The first kappa shape index (κ1) is 21.5. The fourth-order valence-electron chi connectivity index (χ4n) is 2.60. The number of hydrogen-bond acceptors (Lipinski definition) is 3. The molecule has 138 valence electrons. The highest BCUT2D eigenvalue weighted by Gasteiger charge is 2.10. The summed E-state index contributed by atoms with van der Waals surface area (Å²) in [5.41, 5.74) is 4.90. The second-order valence-corrected chi connectivity index (χ2v) is 6.39. The van der Waals surface area contributed by atoms with Gasteiger partial charge in [-0.05, 0) is 55.5 Å². The van der Waals surface area contributed by atoms with Gasteiger partial charge in [-0.2, -0.15) is 0 Å². The zero-order chi connectivity index (χ0) is 17.5. The number of aliphatic hydroxyl groups excluding tert-OH is 1. The van der Waals surface area contributed by atoms with Gasteiger partial charge in [-0.3, -0.25) is 0 Å². The Kier molecular flexibility index (Phi) is 8.98. The average molecular weight is 364 g/mol. The lowest BCUT2D eigenvalue weighted by Crippen LogP contribution is -2.33. The molecule has 0 heterocycles. The maximum Gasteiger partial charge on any atom is 0.122 e. The molecular weight excluding hydrogens is 334 g/mol. The molecule has 0 radical (unpaired) electrons. The molecule has 3 nitrogen and oxygen atoms in total. The van der Waals surface area contributed by atoms with Crippen LogP contribution in [0.4, 0.5) is 0 Å². The molecule has 2 atom stereocenters. The Balaban J connectivity index is 0.00000312. The first-order chi connectivity index (χ1) is 11.5. The van der Waals surface area contributed by atoms with Gasteiger partial charge in [0.2, 0.25) is 0 Å². The predicted octanol–water partition coefficient (Wildman–Crippen LogP) is 4.38. The zero-order valence-corrected chi connectivity index (χ0v) is 16.4. The van der Waals surface area contributed by atoms with Crippen LogP contribution in [0.5, 0.6) is 5.75 Å². The number of aryl methyl sites for hydroxylation is 2. The van der Waals surface area contributed by atoms with Gasteiger partial charge in [-0.15, -0.1) is 12.4 Å². The Labute approximate surface area is 157 Å². The van der Waals surface area contributed by atoms with Crippen LogP contribution in [0, 0.1) is 13.8 Å². The molecule has 0 aromatic heterocycles. The van der Waals surface area contributed by atoms with Gasteiger partial charge < -0.3 is 15.2 Å². The fourth-order valence-corrected chi connectivity index (χ4v) is 2.60. The first-order valence-electron chi connectivity index (χ1n) is 8.70. The highest BCUT2D eigenvalue weighted by molar-refractivity contribution is 5.85. The van der Waals surface area contributed by atoms with E-state index in [4.69, 9.17) is 4.74 Å². The number of aliphatic hydroxyl groups is 1. The molecule has 2 aromatic carbocycles. The summed E-state index contributed by atoms with van der Waals surface area (Å²) in [6.07, 6.45) is 0.513. The fraction of sp³-hybridized carbons (Fsp3) is 0.429. The van der Waals surface area contributed by atoms with Crippen molar-refractivity contribution in [2.45, 2.75) is 46.3 Å². The Morgan fingerprint density at radius 3 is 2.40 bits per heavy atom. The summed E-state index contributed by atoms with van der Waals surface area (Å²) in [4.78, 5) is 0. The zero-order valence-electron chi connectivity index (χ0n) is 15.6. The molecule has 0 spiro atoms. The smallest absolute Gasteiger partial charge is 0.122 e. The van der Waals surface area contributed by atoms with Crippen molar-refractivity contribution in [3.63, 3.8) is 0 Å². The lowest BCUT2D eigenvalue weighted by Gasteiger charge is -2.19. The first-order valence-corrected chi connectivity index (χ1v) is 8.70. The quantitative estimate of drug-likeness (QED) is 0.731. The van der Waals surface area contributed by atoms with E-state index in [1.54, 1.807) is 0 Å². The normalized spacial score (nSPS) is 13.0. The molecule has 0 bridgehead atoms. The van der Waals surface area contributed by atoms with Crippen LogP contribution in [0.25, 0.3) is 0 Å². The summed E-state index contributed by atoms with van der Waals surface area (Å²) >= 11 is 0. The average Bonchev–Trinajstić information content (AvgIpc) is 2.61. The summed E-state index contributed by atoms with van der Waals surface area (Å²) in [5, 5.41) is 13.5. The van der Waals surface area contributed by atoms with Crippen molar-refractivity contribution in [1.82, 2.24) is 5.32 Å². The van der Waals surface area contributed by atoms with E-state index in [-0.39, 0.29) is 18.4 Å². The molecule has 0 amide bonds. The van der Waals surface area contributed by atoms with Gasteiger partial charge in [0, 0.05) is 12.6 Å². The van der Waals surface area contributed by atoms with Crippen LogP contribution in [0.2, 0.25) is 0 Å². The highest BCUT2D eigenvalue weighted by atomic mass is 35.5. The Morgan fingerprint density at radius 2 is 1.76 bits per heavy atom. The summed E-state index contributed by atoms with van der Waals surface area (Å²) in [7, 11) is 0. The van der Waals surface area contributed by atoms with E-state index in [9.17, 15) is 5.11 Å². The number of ether oxygens (including phenoxy) is 1. The molecule has 2 unspecified atom stereocenters. The summed E-state index contributed by atoms with van der Waals surface area (Å²) in [6.45, 7) is 9.16. The van der Waals surface area contributed by atoms with Gasteiger partial charge >= 0.3 is 0 Å². The minimum absolute atomic E-state index is 0. The molecule has 0 saturated carbocycles. The predicted molar refractivity (Wildman–Crippen MR) is 107 cm³/mol. The van der Waals surface area contributed by atoms with Crippen molar-refractivity contribution < 1.29 is 9.84 Å². The van der Waals surface area contributed by atoms with Gasteiger partial charge in [0.25, 0.3) is 0 Å². The van der Waals surface area contributed by atoms with Crippen molar-refractivity contribution in [3.8, 4) is 5.75 Å². The van der Waals surface area contributed by atoms with E-state index in [0.717, 1.165) is 17.7 Å². The van der Waals surface area contributed by atoms with Crippen LogP contribution in [-0.4, -0.2) is 24.4 Å².